The van der Waals surface area contributed by atoms with Crippen molar-refractivity contribution in [1.29, 1.82) is 5.41 Å². The number of guanidine groups is 1. The predicted molar refractivity (Wildman–Crippen MR) is 539 cm³/mol. The van der Waals surface area contributed by atoms with E-state index in [9.17, 15) is 51.6 Å². The SMILES string of the molecule is CC(=O)[C@H](CCCNC(=N)NS(=O)(=O)c1c(C)c(C)c2c(c1C)CC(C)(C)O2)NC(=O)[C@@H](CC(=O)[C@H](Cc1cn(C(=O)OC(C)(C)C)c2ccccc12)NC(=O)[C@@H](CC(=O)[C@H](COC(C)(C)C)NC(=O)[C@@H](CC(=O)[C@@H](NC(=O)[C@@H](CC(=O)[C@H](CC(N)=O)NC(=O)[C@H](CC(N)=O)CC(=O)[C@H](Cc1ccccc1)NC(=O)OC(C)(C)C)Cc1ccccc1)[C@@H](C)OC(C)(C)C)C(C)C)Cc1ccccc1)CC(C)C. The summed E-state index contributed by atoms with van der Waals surface area (Å²) in [6.07, 6.45) is -5.91. The van der Waals surface area contributed by atoms with Gasteiger partial charge in [-0.05, 0) is 227 Å². The number of aromatic nitrogens is 1. The van der Waals surface area contributed by atoms with E-state index in [4.69, 9.17) is 40.6 Å². The summed E-state index contributed by atoms with van der Waals surface area (Å²) in [6, 6.07) is 23.9. The Labute approximate surface area is 835 Å². The van der Waals surface area contributed by atoms with Gasteiger partial charge in [0.1, 0.15) is 34.6 Å². The molecule has 142 heavy (non-hydrogen) atoms. The topological polar surface area (TPSA) is 513 Å². The first-order valence-electron chi connectivity index (χ1n) is 48.6. The van der Waals surface area contributed by atoms with Gasteiger partial charge in [0.25, 0.3) is 10.0 Å². The fraction of sp³-hybridized carbons (Fsp3) is 0.551. The van der Waals surface area contributed by atoms with Crippen molar-refractivity contribution in [2.45, 2.75) is 331 Å². The number of carbonyl (C=O) groups excluding carboxylic acids is 15. The van der Waals surface area contributed by atoms with Crippen LogP contribution >= 0.6 is 0 Å². The van der Waals surface area contributed by atoms with Crippen LogP contribution in [0.4, 0.5) is 9.59 Å². The van der Waals surface area contributed by atoms with Gasteiger partial charge in [0.15, 0.2) is 34.7 Å². The molecule has 5 aromatic carbocycles. The Morgan fingerprint density at radius 3 is 1.47 bits per heavy atom. The lowest BCUT2D eigenvalue weighted by Crippen LogP contribution is -2.54. The number of fused-ring (bicyclic) bond motifs is 2. The number of alkyl carbamates (subject to hydrolysis) is 1. The summed E-state index contributed by atoms with van der Waals surface area (Å²) in [7, 11) is -4.29. The monoisotopic (exact) mass is 1990 g/mol. The molecular weight excluding hydrogens is 1840 g/mol. The molecule has 1 aromatic heterocycles. The number of ketones is 6. The molecule has 12 atom stereocenters. The van der Waals surface area contributed by atoms with Gasteiger partial charge in [-0.25, -0.2) is 22.7 Å². The number of ether oxygens (including phenoxy) is 5. The van der Waals surface area contributed by atoms with E-state index in [-0.39, 0.29) is 62.3 Å². The summed E-state index contributed by atoms with van der Waals surface area (Å²) < 4.78 is 61.9. The minimum Gasteiger partial charge on any atom is -0.487 e. The van der Waals surface area contributed by atoms with E-state index in [0.29, 0.717) is 62.0 Å². The Bertz CT molecular complexity index is 5630. The van der Waals surface area contributed by atoms with Crippen molar-refractivity contribution < 1.29 is 104 Å². The van der Waals surface area contributed by atoms with Gasteiger partial charge >= 0.3 is 12.2 Å². The van der Waals surface area contributed by atoms with Crippen LogP contribution in [0.25, 0.3) is 10.9 Å². The number of rotatable bonds is 52. The second-order valence-corrected chi connectivity index (χ2v) is 44.4. The highest BCUT2D eigenvalue weighted by Gasteiger charge is 2.43. The molecule has 0 fully saturated rings. The van der Waals surface area contributed by atoms with Gasteiger partial charge in [-0.3, -0.25) is 72.3 Å². The number of benzene rings is 5. The number of para-hydroxylation sites is 1. The number of primary amides is 2. The Morgan fingerprint density at radius 1 is 0.493 bits per heavy atom. The molecule has 1 aliphatic rings. The van der Waals surface area contributed by atoms with Gasteiger partial charge < -0.3 is 72.4 Å². The Hall–Kier alpha value is -12.4. The normalized spacial score (nSPS) is 15.2. The molecule has 13 N–H and O–H groups in total. The lowest BCUT2D eigenvalue weighted by molar-refractivity contribution is -0.141. The number of amides is 8. The van der Waals surface area contributed by atoms with Crippen LogP contribution in [0.1, 0.15) is 247 Å². The second kappa shape index (κ2) is 51.0. The number of nitrogens with two attached hydrogens (primary N) is 2. The molecule has 0 saturated heterocycles. The number of sulfonamides is 1. The van der Waals surface area contributed by atoms with E-state index >= 15 is 28.8 Å². The molecule has 0 saturated carbocycles. The fourth-order valence-corrected chi connectivity index (χ4v) is 18.9. The van der Waals surface area contributed by atoms with Crippen LogP contribution in [0.3, 0.4) is 0 Å². The average Bonchev–Trinajstić information content (AvgIpc) is 1.56. The van der Waals surface area contributed by atoms with Crippen LogP contribution in [0.2, 0.25) is 0 Å². The van der Waals surface area contributed by atoms with Crippen LogP contribution in [0.5, 0.6) is 5.75 Å². The number of nitrogens with zero attached hydrogens (tertiary/aromatic N) is 1. The lowest BCUT2D eigenvalue weighted by Gasteiger charge is -2.33. The molecule has 6 aromatic rings. The molecule has 0 bridgehead atoms. The molecule has 776 valence electrons. The maximum atomic E-state index is 15.8. The Morgan fingerprint density at radius 2 is 0.958 bits per heavy atom. The summed E-state index contributed by atoms with van der Waals surface area (Å²) in [4.78, 5) is 219. The zero-order valence-corrected chi connectivity index (χ0v) is 87.5. The van der Waals surface area contributed by atoms with E-state index in [2.05, 4.69) is 41.9 Å². The quantitative estimate of drug-likeness (QED) is 0.00960. The highest BCUT2D eigenvalue weighted by atomic mass is 32.2. The van der Waals surface area contributed by atoms with Crippen LogP contribution < -0.4 is 58.1 Å². The third-order valence-corrected chi connectivity index (χ3v) is 25.9. The minimum absolute atomic E-state index is 0.00589. The zero-order chi connectivity index (χ0) is 106. The van der Waals surface area contributed by atoms with E-state index in [1.165, 1.54) is 24.6 Å². The minimum atomic E-state index is -4.29. The maximum absolute atomic E-state index is 15.8. The second-order valence-electron chi connectivity index (χ2n) is 42.8. The van der Waals surface area contributed by atoms with Crippen molar-refractivity contribution in [3.8, 4) is 5.75 Å². The van der Waals surface area contributed by atoms with Gasteiger partial charge in [0.2, 0.25) is 47.3 Å². The van der Waals surface area contributed by atoms with Crippen LogP contribution in [-0.4, -0.2) is 191 Å². The number of Topliss-reactive ketones (excluding diaryl/α,β-unsaturated/α-hetero) is 6. The van der Waals surface area contributed by atoms with Gasteiger partial charge in [-0.1, -0.05) is 137 Å². The first-order valence-corrected chi connectivity index (χ1v) is 50.1. The average molecular weight is 1990 g/mol. The first kappa shape index (κ1) is 117. The predicted octanol–water partition coefficient (Wildman–Crippen LogP) is 11.9. The molecule has 1 aliphatic heterocycles. The fourth-order valence-electron chi connectivity index (χ4n) is 17.3. The zero-order valence-electron chi connectivity index (χ0n) is 86.6. The van der Waals surface area contributed by atoms with Crippen molar-refractivity contribution in [2.75, 3.05) is 13.2 Å². The highest BCUT2D eigenvalue weighted by Crippen LogP contribution is 2.44. The summed E-state index contributed by atoms with van der Waals surface area (Å²) >= 11 is 0. The van der Waals surface area contributed by atoms with Gasteiger partial charge in [0.05, 0.1) is 70.8 Å². The van der Waals surface area contributed by atoms with Crippen LogP contribution in [0.15, 0.2) is 126 Å². The van der Waals surface area contributed by atoms with Crippen molar-refractivity contribution >= 4 is 115 Å². The van der Waals surface area contributed by atoms with E-state index in [1.807, 2.05) is 27.7 Å². The van der Waals surface area contributed by atoms with Gasteiger partial charge in [-0.2, -0.15) is 0 Å². The largest absolute Gasteiger partial charge is 0.487 e. The van der Waals surface area contributed by atoms with E-state index in [0.717, 1.165) is 5.56 Å². The molecule has 0 aliphatic carbocycles. The molecule has 35 heteroatoms. The molecule has 0 radical (unpaired) electrons. The molecular formula is C107H150N12O22S. The van der Waals surface area contributed by atoms with Gasteiger partial charge in [0, 0.05) is 98.7 Å². The molecule has 0 spiro atoms. The third kappa shape index (κ3) is 36.9. The molecule has 34 nitrogen and oxygen atoms in total. The summed E-state index contributed by atoms with van der Waals surface area (Å²) in [6.45, 7) is 38.7. The van der Waals surface area contributed by atoms with E-state index in [1.54, 1.807) is 233 Å². The Kier molecular flexibility index (Phi) is 41.9. The summed E-state index contributed by atoms with van der Waals surface area (Å²) in [5.41, 5.74) is 12.0. The van der Waals surface area contributed by atoms with Crippen molar-refractivity contribution in [2.24, 2.45) is 52.9 Å². The Balaban J connectivity index is 1.17. The summed E-state index contributed by atoms with van der Waals surface area (Å²) in [5.74, 6) is -17.9. The number of carbonyl (C=O) groups is 15. The molecule has 0 unspecified atom stereocenters. The van der Waals surface area contributed by atoms with Crippen molar-refractivity contribution in [3.05, 3.63) is 166 Å². The number of hydrogen-bond donors (Lipinski definition) is 11. The lowest BCUT2D eigenvalue weighted by atomic mass is 9.85. The maximum Gasteiger partial charge on any atom is 0.419 e. The molecule has 7 rings (SSSR count). The smallest absolute Gasteiger partial charge is 0.419 e. The van der Waals surface area contributed by atoms with Crippen molar-refractivity contribution in [3.63, 3.8) is 0 Å². The molecule has 8 amide bonds. The molecule has 2 heterocycles. The standard InChI is InChI=1S/C107H150N12O22S/c1-61(2)46-71(95(128)112-79(66(8)120)43-35-45-111-100(110)118-142(135,136)94-64(6)63(5)93-78(65(94)7)58-107(22,23)139-93)51-86(122)81(50-75-59-119(102(134)141-106(19,20)21)84-44-34-33-42-76(75)84)113-96(129)72(47-68-36-27-24-28-37-68)53-88(124)83(60-137-103(10,11)12)115-99(132)77(62(3)4)56-89(125)92(67(9)138-104(13,14)15)117-98(131)73(48-69-38-29-25-30-39-69)52-87(123)82(57-91(109)127)114-97(130)74(55-90(108)126)54-85(121)80(49-70-40-31-26-32-41-70)116-101(133)140-105(16,17)18/h24-34,36-42,44,59,61-62,67,71-74,77,79-83,92H,35,43,45-58,60H2,1-23H3,(H2,108,126)(H2,109,127)(H,112,128)(H,113,129)(H,114,130)(H,115,132)(H,116,133)(H,117,131)(H3,110,111,118)/t67-,71-,72-,73-,74+,77+,79+,80+,81+,82+,83+,92+/m1/s1. The van der Waals surface area contributed by atoms with Crippen LogP contribution in [-0.2, 0) is 123 Å². The van der Waals surface area contributed by atoms with E-state index < -0.39 is 262 Å². The first-order chi connectivity index (χ1) is 66.0. The third-order valence-electron chi connectivity index (χ3n) is 24.3. The van der Waals surface area contributed by atoms with Crippen LogP contribution in [0, 0.1) is 67.6 Å². The number of hydrogen-bond acceptors (Lipinski definition) is 23. The van der Waals surface area contributed by atoms with Crippen molar-refractivity contribution in [1.82, 2.24) is 46.5 Å². The summed E-state index contributed by atoms with van der Waals surface area (Å²) in [5, 5.41) is 28.6. The number of nitrogens with one attached hydrogen (secondary N) is 9. The highest BCUT2D eigenvalue weighted by molar-refractivity contribution is 7.90. The van der Waals surface area contributed by atoms with Gasteiger partial charge in [-0.15, -0.1) is 0 Å².